The first kappa shape index (κ1) is 18.2. The number of hydrogen-bond donors (Lipinski definition) is 0. The van der Waals surface area contributed by atoms with Gasteiger partial charge in [-0.25, -0.2) is 4.98 Å². The number of carbonyl (C=O) groups is 1. The molecule has 0 saturated heterocycles. The lowest BCUT2D eigenvalue weighted by Crippen LogP contribution is -2.51. The molecule has 0 N–H and O–H groups in total. The second-order valence-electron chi connectivity index (χ2n) is 5.64. The van der Waals surface area contributed by atoms with Crippen molar-refractivity contribution in [1.29, 1.82) is 0 Å². The molecule has 2 atom stereocenters. The highest BCUT2D eigenvalue weighted by Crippen LogP contribution is 2.27. The van der Waals surface area contributed by atoms with Crippen molar-refractivity contribution in [2.45, 2.75) is 37.8 Å². The summed E-state index contributed by atoms with van der Waals surface area (Å²) in [5.74, 6) is -0.0400. The first-order chi connectivity index (χ1) is 9.52. The van der Waals surface area contributed by atoms with Gasteiger partial charge in [-0.2, -0.15) is 0 Å². The molecule has 0 spiro atoms. The Balaban J connectivity index is 0.00000220. The molecule has 1 saturated carbocycles. The summed E-state index contributed by atoms with van der Waals surface area (Å²) < 4.78 is 0. The summed E-state index contributed by atoms with van der Waals surface area (Å²) in [5, 5.41) is 0.279. The molecular formula is C15H23Cl2N3O. The van der Waals surface area contributed by atoms with E-state index >= 15 is 0 Å². The minimum absolute atomic E-state index is 0. The number of nitrogens with zero attached hydrogens (tertiary/aromatic N) is 3. The van der Waals surface area contributed by atoms with E-state index in [1.807, 2.05) is 11.9 Å². The van der Waals surface area contributed by atoms with Crippen LogP contribution in [0.4, 0.5) is 0 Å². The number of pyridine rings is 1. The monoisotopic (exact) mass is 331 g/mol. The van der Waals surface area contributed by atoms with Crippen molar-refractivity contribution in [2.24, 2.45) is 0 Å². The zero-order chi connectivity index (χ0) is 14.7. The largest absolute Gasteiger partial charge is 0.337 e. The summed E-state index contributed by atoms with van der Waals surface area (Å²) in [6.07, 6.45) is 6.18. The average Bonchev–Trinajstić information content (AvgIpc) is 2.46. The molecule has 0 bridgehead atoms. The van der Waals surface area contributed by atoms with Gasteiger partial charge in [-0.05, 0) is 39.1 Å². The van der Waals surface area contributed by atoms with Gasteiger partial charge in [0, 0.05) is 25.3 Å². The molecule has 21 heavy (non-hydrogen) atoms. The molecule has 0 unspecified atom stereocenters. The number of aromatic nitrogens is 1. The van der Waals surface area contributed by atoms with Gasteiger partial charge in [-0.15, -0.1) is 12.4 Å². The third-order valence-electron chi connectivity index (χ3n) is 4.16. The van der Waals surface area contributed by atoms with E-state index in [0.29, 0.717) is 11.6 Å². The number of halogens is 2. The predicted octanol–water partition coefficient (Wildman–Crippen LogP) is 3.10. The highest BCUT2D eigenvalue weighted by molar-refractivity contribution is 6.32. The third-order valence-corrected chi connectivity index (χ3v) is 4.47. The van der Waals surface area contributed by atoms with Gasteiger partial charge in [0.05, 0.1) is 5.56 Å². The number of amides is 1. The van der Waals surface area contributed by atoms with Crippen LogP contribution in [-0.4, -0.2) is 53.9 Å². The summed E-state index contributed by atoms with van der Waals surface area (Å²) in [4.78, 5) is 20.7. The maximum absolute atomic E-state index is 12.6. The second-order valence-corrected chi connectivity index (χ2v) is 6.00. The zero-order valence-electron chi connectivity index (χ0n) is 12.8. The van der Waals surface area contributed by atoms with Crippen LogP contribution in [0.3, 0.4) is 0 Å². The molecule has 1 aliphatic carbocycles. The van der Waals surface area contributed by atoms with Gasteiger partial charge in [-0.1, -0.05) is 24.4 Å². The third kappa shape index (κ3) is 4.09. The van der Waals surface area contributed by atoms with Crippen molar-refractivity contribution in [3.8, 4) is 0 Å². The lowest BCUT2D eigenvalue weighted by molar-refractivity contribution is 0.0544. The number of carbonyl (C=O) groups excluding carboxylic acids is 1. The van der Waals surface area contributed by atoms with Crippen LogP contribution < -0.4 is 0 Å². The predicted molar refractivity (Wildman–Crippen MR) is 88.3 cm³/mol. The topological polar surface area (TPSA) is 36.4 Å². The number of likely N-dealkylation sites (N-methyl/N-ethyl adjacent to an activating group) is 2. The number of hydrogen-bond acceptors (Lipinski definition) is 3. The fourth-order valence-electron chi connectivity index (χ4n) is 3.03. The molecule has 1 heterocycles. The standard InChI is InChI=1S/C15H22ClN3O.ClH/c1-18(2)12-8-4-5-9-13(12)19(3)15(20)11-7-6-10-17-14(11)16;/h6-7,10,12-13H,4-5,8-9H2,1-3H3;1H/t12-,13-;/m1./s1. The van der Waals surface area contributed by atoms with Crippen molar-refractivity contribution >= 4 is 29.9 Å². The van der Waals surface area contributed by atoms with Crippen LogP contribution >= 0.6 is 24.0 Å². The first-order valence-electron chi connectivity index (χ1n) is 7.06. The molecule has 1 aromatic rings. The van der Waals surface area contributed by atoms with Gasteiger partial charge in [0.2, 0.25) is 0 Å². The minimum atomic E-state index is -0.0400. The quantitative estimate of drug-likeness (QED) is 0.798. The normalized spacial score (nSPS) is 21.8. The van der Waals surface area contributed by atoms with E-state index in [2.05, 4.69) is 24.0 Å². The fraction of sp³-hybridized carbons (Fsp3) is 0.600. The smallest absolute Gasteiger partial charge is 0.257 e. The molecule has 118 valence electrons. The molecule has 2 rings (SSSR count). The Morgan fingerprint density at radius 1 is 1.24 bits per heavy atom. The van der Waals surface area contributed by atoms with E-state index in [9.17, 15) is 4.79 Å². The molecular weight excluding hydrogens is 309 g/mol. The van der Waals surface area contributed by atoms with Crippen LogP contribution in [0.15, 0.2) is 18.3 Å². The highest BCUT2D eigenvalue weighted by atomic mass is 35.5. The van der Waals surface area contributed by atoms with Crippen molar-refractivity contribution in [3.63, 3.8) is 0 Å². The van der Waals surface area contributed by atoms with Crippen LogP contribution in [0.25, 0.3) is 0 Å². The summed E-state index contributed by atoms with van der Waals surface area (Å²) in [7, 11) is 6.04. The molecule has 1 aromatic heterocycles. The zero-order valence-corrected chi connectivity index (χ0v) is 14.3. The lowest BCUT2D eigenvalue weighted by atomic mass is 9.88. The average molecular weight is 332 g/mol. The molecule has 1 aliphatic rings. The summed E-state index contributed by atoms with van der Waals surface area (Å²) in [6, 6.07) is 4.13. The maximum atomic E-state index is 12.6. The van der Waals surface area contributed by atoms with Crippen LogP contribution in [0.1, 0.15) is 36.0 Å². The van der Waals surface area contributed by atoms with Gasteiger partial charge >= 0.3 is 0 Å². The molecule has 1 amide bonds. The Kier molecular flexibility index (Phi) is 6.91. The Hall–Kier alpha value is -0.840. The highest BCUT2D eigenvalue weighted by Gasteiger charge is 2.32. The van der Waals surface area contributed by atoms with Crippen molar-refractivity contribution in [3.05, 3.63) is 29.0 Å². The van der Waals surface area contributed by atoms with Gasteiger partial charge in [0.15, 0.2) is 0 Å². The van der Waals surface area contributed by atoms with Crippen molar-refractivity contribution < 1.29 is 4.79 Å². The molecule has 0 radical (unpaired) electrons. The van der Waals surface area contributed by atoms with Gasteiger partial charge in [-0.3, -0.25) is 4.79 Å². The fourth-order valence-corrected chi connectivity index (χ4v) is 3.23. The van der Waals surface area contributed by atoms with Crippen LogP contribution in [0.5, 0.6) is 0 Å². The Morgan fingerprint density at radius 2 is 1.86 bits per heavy atom. The van der Waals surface area contributed by atoms with Gasteiger partial charge < -0.3 is 9.80 Å². The van der Waals surface area contributed by atoms with Crippen LogP contribution in [0.2, 0.25) is 5.15 Å². The van der Waals surface area contributed by atoms with E-state index in [4.69, 9.17) is 11.6 Å². The van der Waals surface area contributed by atoms with Crippen LogP contribution in [0, 0.1) is 0 Å². The minimum Gasteiger partial charge on any atom is -0.337 e. The van der Waals surface area contributed by atoms with Crippen molar-refractivity contribution in [1.82, 2.24) is 14.8 Å². The molecule has 1 fully saturated rings. The summed E-state index contributed by atoms with van der Waals surface area (Å²) in [6.45, 7) is 0. The van der Waals surface area contributed by atoms with E-state index in [-0.39, 0.29) is 29.5 Å². The molecule has 0 aromatic carbocycles. The molecule has 6 heteroatoms. The first-order valence-corrected chi connectivity index (χ1v) is 7.44. The van der Waals surface area contributed by atoms with E-state index in [1.54, 1.807) is 18.3 Å². The van der Waals surface area contributed by atoms with E-state index < -0.39 is 0 Å². The summed E-state index contributed by atoms with van der Waals surface area (Å²) >= 11 is 6.03. The number of rotatable bonds is 3. The SMILES string of the molecule is CN(C)[C@@H]1CCCC[C@H]1N(C)C(=O)c1cccnc1Cl.Cl. The van der Waals surface area contributed by atoms with Crippen LogP contribution in [-0.2, 0) is 0 Å². The van der Waals surface area contributed by atoms with Gasteiger partial charge in [0.1, 0.15) is 5.15 Å². The van der Waals surface area contributed by atoms with E-state index in [1.165, 1.54) is 12.8 Å². The van der Waals surface area contributed by atoms with E-state index in [0.717, 1.165) is 12.8 Å². The van der Waals surface area contributed by atoms with Crippen molar-refractivity contribution in [2.75, 3.05) is 21.1 Å². The summed E-state index contributed by atoms with van der Waals surface area (Å²) in [5.41, 5.74) is 0.486. The molecule has 4 nitrogen and oxygen atoms in total. The maximum Gasteiger partial charge on any atom is 0.257 e. The lowest BCUT2D eigenvalue weighted by Gasteiger charge is -2.41. The molecule has 0 aliphatic heterocycles. The Labute approximate surface area is 137 Å². The second kappa shape index (κ2) is 7.97. The van der Waals surface area contributed by atoms with Gasteiger partial charge in [0.25, 0.3) is 5.91 Å². The Bertz CT molecular complexity index is 482. The Morgan fingerprint density at radius 3 is 2.43 bits per heavy atom.